The summed E-state index contributed by atoms with van der Waals surface area (Å²) in [6, 6.07) is 0. The molecule has 1 rings (SSSR count). The van der Waals surface area contributed by atoms with Gasteiger partial charge in [0, 0.05) is 12.8 Å². The molecule has 2 unspecified atom stereocenters. The SMILES string of the molecule is CC/C=C/C=C/C=C/C=C/CCCCCCCC(=O)O[C@H](COC(=O)CCCCCCCCCCC)CO[C@H]1O[C@H](CS(=O)(=O)O)[C@@H](O)C(O)C1O. The average Bonchev–Trinajstić information content (AvgIpc) is 3.10. The molecule has 1 aliphatic rings. The molecule has 1 aliphatic heterocycles. The molecular weight excluding hydrogens is 692 g/mol. The second-order valence-electron chi connectivity index (χ2n) is 13.3. The fourth-order valence-electron chi connectivity index (χ4n) is 5.51. The first-order valence-electron chi connectivity index (χ1n) is 19.2. The Balaban J connectivity index is 2.55. The lowest BCUT2D eigenvalue weighted by Gasteiger charge is -2.40. The maximum absolute atomic E-state index is 12.7. The molecule has 300 valence electrons. The number of aliphatic hydroxyl groups is 3. The minimum absolute atomic E-state index is 0.137. The van der Waals surface area contributed by atoms with E-state index >= 15 is 0 Å². The molecule has 0 aliphatic carbocycles. The first-order valence-corrected chi connectivity index (χ1v) is 20.9. The number of unbranched alkanes of at least 4 members (excludes halogenated alkanes) is 13. The molecule has 52 heavy (non-hydrogen) atoms. The fraction of sp³-hybridized carbons (Fsp3) is 0.744. The Morgan fingerprint density at radius 1 is 0.673 bits per heavy atom. The first kappa shape index (κ1) is 47.6. The molecule has 12 nitrogen and oxygen atoms in total. The second-order valence-corrected chi connectivity index (χ2v) is 14.8. The van der Waals surface area contributed by atoms with Gasteiger partial charge in [0.15, 0.2) is 12.4 Å². The first-order chi connectivity index (χ1) is 25.0. The van der Waals surface area contributed by atoms with Crippen LogP contribution in [0.2, 0.25) is 0 Å². The van der Waals surface area contributed by atoms with Crippen LogP contribution in [0.4, 0.5) is 0 Å². The monoisotopic (exact) mass is 758 g/mol. The molecule has 0 aromatic heterocycles. The van der Waals surface area contributed by atoms with E-state index < -0.39 is 71.2 Å². The van der Waals surface area contributed by atoms with Gasteiger partial charge in [-0.05, 0) is 32.1 Å². The van der Waals surface area contributed by atoms with Crippen LogP contribution in [0.25, 0.3) is 0 Å². The van der Waals surface area contributed by atoms with Crippen molar-refractivity contribution >= 4 is 22.1 Å². The van der Waals surface area contributed by atoms with Crippen molar-refractivity contribution in [2.75, 3.05) is 19.0 Å². The summed E-state index contributed by atoms with van der Waals surface area (Å²) >= 11 is 0. The molecule has 0 aromatic rings. The van der Waals surface area contributed by atoms with Crippen molar-refractivity contribution in [3.8, 4) is 0 Å². The van der Waals surface area contributed by atoms with Crippen LogP contribution < -0.4 is 0 Å². The summed E-state index contributed by atoms with van der Waals surface area (Å²) < 4.78 is 53.7. The van der Waals surface area contributed by atoms with E-state index in [-0.39, 0.29) is 19.4 Å². The van der Waals surface area contributed by atoms with Gasteiger partial charge in [0.2, 0.25) is 0 Å². The van der Waals surface area contributed by atoms with Crippen LogP contribution >= 0.6 is 0 Å². The molecule has 0 bridgehead atoms. The molecule has 0 radical (unpaired) electrons. The maximum atomic E-state index is 12.7. The number of hydrogen-bond donors (Lipinski definition) is 4. The third kappa shape index (κ3) is 24.8. The topological polar surface area (TPSA) is 186 Å². The van der Waals surface area contributed by atoms with E-state index in [1.165, 1.54) is 32.1 Å². The largest absolute Gasteiger partial charge is 0.462 e. The maximum Gasteiger partial charge on any atom is 0.306 e. The van der Waals surface area contributed by atoms with Crippen LogP contribution in [0.5, 0.6) is 0 Å². The van der Waals surface area contributed by atoms with Crippen molar-refractivity contribution in [3.05, 3.63) is 48.6 Å². The Morgan fingerprint density at radius 2 is 1.21 bits per heavy atom. The number of rotatable bonds is 30. The van der Waals surface area contributed by atoms with Crippen molar-refractivity contribution in [3.63, 3.8) is 0 Å². The van der Waals surface area contributed by atoms with E-state index in [9.17, 15) is 37.9 Å². The Hall–Kier alpha value is -2.39. The standard InChI is InChI=1S/C39H66O12S/c1-3-5-7-9-11-13-14-15-16-17-18-20-22-24-26-28-35(41)50-32(29-48-34(40)27-25-23-21-19-12-10-8-6-4-2)30-49-39-38(44)37(43)36(42)33(51-39)31-52(45,46)47/h5,7,9,11,13-16,32-33,36-39,42-44H,3-4,6,8,10,12,17-31H2,1-2H3,(H,45,46,47)/b7-5+,11-9+,14-13+,16-15+/t32-,33-,36-,37?,38?,39+/m1/s1. The molecule has 1 saturated heterocycles. The Kier molecular flexibility index (Phi) is 27.5. The highest BCUT2D eigenvalue weighted by Crippen LogP contribution is 2.24. The molecular formula is C39H66O12S. The van der Waals surface area contributed by atoms with Gasteiger partial charge in [-0.3, -0.25) is 14.1 Å². The van der Waals surface area contributed by atoms with Crippen LogP contribution in [0.15, 0.2) is 48.6 Å². The lowest BCUT2D eigenvalue weighted by atomic mass is 10.00. The zero-order chi connectivity index (χ0) is 38.5. The Bertz CT molecular complexity index is 1170. The van der Waals surface area contributed by atoms with E-state index in [1.807, 2.05) is 36.5 Å². The molecule has 4 N–H and O–H groups in total. The zero-order valence-corrected chi connectivity index (χ0v) is 32.2. The summed E-state index contributed by atoms with van der Waals surface area (Å²) in [7, 11) is -4.60. The van der Waals surface area contributed by atoms with E-state index in [2.05, 4.69) is 26.0 Å². The van der Waals surface area contributed by atoms with Crippen molar-refractivity contribution in [1.82, 2.24) is 0 Å². The van der Waals surface area contributed by atoms with Crippen LogP contribution in [-0.4, -0.2) is 96.0 Å². The second kappa shape index (κ2) is 30.0. The summed E-state index contributed by atoms with van der Waals surface area (Å²) in [6.07, 6.45) is 23.2. The molecule has 13 heteroatoms. The van der Waals surface area contributed by atoms with E-state index in [0.717, 1.165) is 57.8 Å². The van der Waals surface area contributed by atoms with Crippen molar-refractivity contribution in [1.29, 1.82) is 0 Å². The lowest BCUT2D eigenvalue weighted by molar-refractivity contribution is -0.297. The lowest BCUT2D eigenvalue weighted by Crippen LogP contribution is -2.60. The number of allylic oxidation sites excluding steroid dienone is 8. The summed E-state index contributed by atoms with van der Waals surface area (Å²) in [5.41, 5.74) is 0. The van der Waals surface area contributed by atoms with Crippen LogP contribution in [0.3, 0.4) is 0 Å². The van der Waals surface area contributed by atoms with Gasteiger partial charge in [-0.2, -0.15) is 8.42 Å². The van der Waals surface area contributed by atoms with Gasteiger partial charge >= 0.3 is 11.9 Å². The van der Waals surface area contributed by atoms with Crippen molar-refractivity contribution in [2.24, 2.45) is 0 Å². The molecule has 0 amide bonds. The number of carbonyl (C=O) groups excluding carboxylic acids is 2. The molecule has 6 atom stereocenters. The fourth-order valence-corrected chi connectivity index (χ4v) is 6.20. The van der Waals surface area contributed by atoms with Crippen LogP contribution in [0, 0.1) is 0 Å². The van der Waals surface area contributed by atoms with Crippen molar-refractivity contribution in [2.45, 2.75) is 166 Å². The molecule has 0 saturated carbocycles. The highest BCUT2D eigenvalue weighted by atomic mass is 32.2. The highest BCUT2D eigenvalue weighted by Gasteiger charge is 2.46. The van der Waals surface area contributed by atoms with Crippen LogP contribution in [-0.2, 0) is 38.7 Å². The van der Waals surface area contributed by atoms with Gasteiger partial charge in [-0.1, -0.05) is 133 Å². The summed E-state index contributed by atoms with van der Waals surface area (Å²) in [6.45, 7) is 3.54. The third-order valence-electron chi connectivity index (χ3n) is 8.52. The van der Waals surface area contributed by atoms with Gasteiger partial charge in [-0.25, -0.2) is 0 Å². The number of esters is 2. The van der Waals surface area contributed by atoms with E-state index in [0.29, 0.717) is 12.8 Å². The molecule has 0 aromatic carbocycles. The van der Waals surface area contributed by atoms with Gasteiger partial charge in [0.1, 0.15) is 36.8 Å². The smallest absolute Gasteiger partial charge is 0.306 e. The summed E-state index contributed by atoms with van der Waals surface area (Å²) in [5.74, 6) is -2.02. The minimum atomic E-state index is -4.60. The predicted molar refractivity (Wildman–Crippen MR) is 201 cm³/mol. The Labute approximate surface area is 312 Å². The van der Waals surface area contributed by atoms with Crippen LogP contribution in [0.1, 0.15) is 129 Å². The van der Waals surface area contributed by atoms with E-state index in [1.54, 1.807) is 0 Å². The predicted octanol–water partition coefficient (Wildman–Crippen LogP) is 6.44. The summed E-state index contributed by atoms with van der Waals surface area (Å²) in [5, 5.41) is 30.7. The van der Waals surface area contributed by atoms with Gasteiger partial charge in [0.05, 0.1) is 6.61 Å². The quantitative estimate of drug-likeness (QED) is 0.0272. The Morgan fingerprint density at radius 3 is 1.81 bits per heavy atom. The number of hydrogen-bond acceptors (Lipinski definition) is 11. The molecule has 1 fully saturated rings. The molecule has 0 spiro atoms. The summed E-state index contributed by atoms with van der Waals surface area (Å²) in [4.78, 5) is 25.2. The van der Waals surface area contributed by atoms with E-state index in [4.69, 9.17) is 18.9 Å². The average molecular weight is 759 g/mol. The van der Waals surface area contributed by atoms with Gasteiger partial charge in [0.25, 0.3) is 10.1 Å². The highest BCUT2D eigenvalue weighted by molar-refractivity contribution is 7.85. The molecule has 1 heterocycles. The number of aliphatic hydroxyl groups excluding tert-OH is 3. The van der Waals surface area contributed by atoms with Gasteiger partial charge < -0.3 is 34.3 Å². The third-order valence-corrected chi connectivity index (χ3v) is 9.27. The normalized spacial score (nSPS) is 21.8. The van der Waals surface area contributed by atoms with Gasteiger partial charge in [-0.15, -0.1) is 0 Å². The zero-order valence-electron chi connectivity index (χ0n) is 31.4. The minimum Gasteiger partial charge on any atom is -0.462 e. The number of carbonyl (C=O) groups is 2. The van der Waals surface area contributed by atoms with Crippen molar-refractivity contribution < 1.29 is 56.8 Å². The number of ether oxygens (including phenoxy) is 4.